The first kappa shape index (κ1) is 9.21. The molecule has 0 aromatic carbocycles. The van der Waals surface area contributed by atoms with Crippen molar-refractivity contribution in [1.29, 1.82) is 0 Å². The van der Waals surface area contributed by atoms with Gasteiger partial charge in [0.25, 0.3) is 0 Å². The molecule has 0 atom stereocenters. The summed E-state index contributed by atoms with van der Waals surface area (Å²) in [4.78, 5) is 11.6. The summed E-state index contributed by atoms with van der Waals surface area (Å²) in [6, 6.07) is 3.64. The molecule has 2 heterocycles. The minimum Gasteiger partial charge on any atom is -0.294 e. The Labute approximate surface area is 92.1 Å². The highest BCUT2D eigenvalue weighted by molar-refractivity contribution is 5.97. The van der Waals surface area contributed by atoms with Gasteiger partial charge in [0.15, 0.2) is 11.6 Å². The van der Waals surface area contributed by atoms with E-state index in [1.807, 2.05) is 6.07 Å². The van der Waals surface area contributed by atoms with Gasteiger partial charge in [0, 0.05) is 12.6 Å². The SMILES string of the molecule is O=C1CCCc2c1cnn2-c1cccnn1. The van der Waals surface area contributed by atoms with Crippen molar-refractivity contribution in [2.24, 2.45) is 0 Å². The fourth-order valence-electron chi connectivity index (χ4n) is 2.00. The van der Waals surface area contributed by atoms with Crippen LogP contribution >= 0.6 is 0 Å². The standard InChI is InChI=1S/C11H10N4O/c16-10-4-1-3-9-8(10)7-13-15(9)11-5-2-6-12-14-11/h2,5-7H,1,3-4H2. The second-order valence-electron chi connectivity index (χ2n) is 3.78. The van der Waals surface area contributed by atoms with E-state index in [1.54, 1.807) is 23.1 Å². The van der Waals surface area contributed by atoms with Gasteiger partial charge in [-0.25, -0.2) is 4.68 Å². The number of aromatic nitrogens is 4. The third-order valence-electron chi connectivity index (χ3n) is 2.76. The van der Waals surface area contributed by atoms with Gasteiger partial charge in [0.2, 0.25) is 0 Å². The van der Waals surface area contributed by atoms with Crippen LogP contribution in [0.25, 0.3) is 5.82 Å². The van der Waals surface area contributed by atoms with Crippen molar-refractivity contribution in [1.82, 2.24) is 20.0 Å². The number of nitrogens with zero attached hydrogens (tertiary/aromatic N) is 4. The first-order valence-corrected chi connectivity index (χ1v) is 5.24. The van der Waals surface area contributed by atoms with Gasteiger partial charge >= 0.3 is 0 Å². The van der Waals surface area contributed by atoms with Crippen LogP contribution in [0.15, 0.2) is 24.5 Å². The molecule has 0 unspecified atom stereocenters. The van der Waals surface area contributed by atoms with E-state index in [4.69, 9.17) is 0 Å². The molecule has 2 aromatic rings. The minimum absolute atomic E-state index is 0.177. The predicted molar refractivity (Wildman–Crippen MR) is 56.4 cm³/mol. The largest absolute Gasteiger partial charge is 0.294 e. The van der Waals surface area contributed by atoms with E-state index in [2.05, 4.69) is 15.3 Å². The lowest BCUT2D eigenvalue weighted by Crippen LogP contribution is -2.13. The molecule has 1 aliphatic rings. The van der Waals surface area contributed by atoms with Gasteiger partial charge in [-0.1, -0.05) is 0 Å². The number of carbonyl (C=O) groups is 1. The van der Waals surface area contributed by atoms with Gasteiger partial charge < -0.3 is 0 Å². The van der Waals surface area contributed by atoms with Gasteiger partial charge in [0.1, 0.15) is 0 Å². The molecule has 5 nitrogen and oxygen atoms in total. The Balaban J connectivity index is 2.13. The van der Waals surface area contributed by atoms with Crippen LogP contribution in [0.5, 0.6) is 0 Å². The van der Waals surface area contributed by atoms with Crippen LogP contribution in [0.3, 0.4) is 0 Å². The molecule has 1 aliphatic carbocycles. The van der Waals surface area contributed by atoms with Crippen molar-refractivity contribution in [3.63, 3.8) is 0 Å². The second kappa shape index (κ2) is 3.52. The van der Waals surface area contributed by atoms with Crippen LogP contribution < -0.4 is 0 Å². The maximum Gasteiger partial charge on any atom is 0.175 e. The summed E-state index contributed by atoms with van der Waals surface area (Å²) >= 11 is 0. The molecule has 0 bridgehead atoms. The number of fused-ring (bicyclic) bond motifs is 1. The van der Waals surface area contributed by atoms with E-state index in [9.17, 15) is 4.79 Å². The highest BCUT2D eigenvalue weighted by Crippen LogP contribution is 2.22. The topological polar surface area (TPSA) is 60.7 Å². The monoisotopic (exact) mass is 214 g/mol. The summed E-state index contributed by atoms with van der Waals surface area (Å²) in [6.07, 6.45) is 5.63. The zero-order valence-electron chi connectivity index (χ0n) is 8.63. The van der Waals surface area contributed by atoms with E-state index in [1.165, 1.54) is 0 Å². The van der Waals surface area contributed by atoms with Crippen molar-refractivity contribution in [3.8, 4) is 5.82 Å². The fraction of sp³-hybridized carbons (Fsp3) is 0.273. The van der Waals surface area contributed by atoms with Gasteiger partial charge in [-0.15, -0.1) is 5.10 Å². The Morgan fingerprint density at radius 3 is 3.06 bits per heavy atom. The first-order valence-electron chi connectivity index (χ1n) is 5.24. The molecular formula is C11H10N4O. The van der Waals surface area contributed by atoms with Crippen LogP contribution in [-0.2, 0) is 6.42 Å². The van der Waals surface area contributed by atoms with Crippen molar-refractivity contribution in [2.75, 3.05) is 0 Å². The normalized spacial score (nSPS) is 14.9. The van der Waals surface area contributed by atoms with E-state index >= 15 is 0 Å². The Hall–Kier alpha value is -2.04. The molecule has 0 radical (unpaired) electrons. The van der Waals surface area contributed by atoms with E-state index in [0.29, 0.717) is 12.2 Å². The molecule has 16 heavy (non-hydrogen) atoms. The van der Waals surface area contributed by atoms with Gasteiger partial charge in [0.05, 0.1) is 17.5 Å². The smallest absolute Gasteiger partial charge is 0.175 e. The lowest BCUT2D eigenvalue weighted by molar-refractivity contribution is 0.0972. The van der Waals surface area contributed by atoms with E-state index < -0.39 is 0 Å². The molecular weight excluding hydrogens is 204 g/mol. The molecule has 80 valence electrons. The predicted octanol–water partition coefficient (Wildman–Crippen LogP) is 1.18. The van der Waals surface area contributed by atoms with E-state index in [-0.39, 0.29) is 5.78 Å². The number of hydrogen-bond donors (Lipinski definition) is 0. The van der Waals surface area contributed by atoms with Crippen LogP contribution in [0, 0.1) is 0 Å². The highest BCUT2D eigenvalue weighted by Gasteiger charge is 2.22. The Morgan fingerprint density at radius 1 is 1.31 bits per heavy atom. The summed E-state index contributed by atoms with van der Waals surface area (Å²) in [7, 11) is 0. The number of rotatable bonds is 1. The van der Waals surface area contributed by atoms with Crippen LogP contribution in [0.1, 0.15) is 28.9 Å². The Morgan fingerprint density at radius 2 is 2.25 bits per heavy atom. The number of ketones is 1. The zero-order valence-corrected chi connectivity index (χ0v) is 8.63. The molecule has 0 amide bonds. The van der Waals surface area contributed by atoms with Crippen LogP contribution in [0.4, 0.5) is 0 Å². The molecule has 0 saturated carbocycles. The first-order chi connectivity index (χ1) is 7.86. The Bertz CT molecular complexity index is 532. The quantitative estimate of drug-likeness (QED) is 0.715. The molecule has 0 spiro atoms. The maximum atomic E-state index is 11.6. The average Bonchev–Trinajstić information content (AvgIpc) is 2.75. The third-order valence-corrected chi connectivity index (χ3v) is 2.76. The molecule has 0 N–H and O–H groups in total. The van der Waals surface area contributed by atoms with Crippen molar-refractivity contribution in [2.45, 2.75) is 19.3 Å². The lowest BCUT2D eigenvalue weighted by Gasteiger charge is -2.11. The van der Waals surface area contributed by atoms with Crippen molar-refractivity contribution in [3.05, 3.63) is 35.8 Å². The van der Waals surface area contributed by atoms with Crippen molar-refractivity contribution < 1.29 is 4.79 Å². The van der Waals surface area contributed by atoms with E-state index in [0.717, 1.165) is 24.1 Å². The molecule has 0 saturated heterocycles. The van der Waals surface area contributed by atoms with Gasteiger partial charge in [-0.3, -0.25) is 4.79 Å². The van der Waals surface area contributed by atoms with Crippen LogP contribution in [-0.4, -0.2) is 25.8 Å². The molecule has 0 fully saturated rings. The number of Topliss-reactive ketones (excluding diaryl/α,β-unsaturated/α-hetero) is 1. The summed E-state index contributed by atoms with van der Waals surface area (Å²) in [5.41, 5.74) is 1.69. The molecule has 3 rings (SSSR count). The maximum absolute atomic E-state index is 11.6. The lowest BCUT2D eigenvalue weighted by atomic mass is 9.97. The number of carbonyl (C=O) groups excluding carboxylic acids is 1. The molecule has 2 aromatic heterocycles. The number of hydrogen-bond acceptors (Lipinski definition) is 4. The molecule has 5 heteroatoms. The minimum atomic E-state index is 0.177. The second-order valence-corrected chi connectivity index (χ2v) is 3.78. The van der Waals surface area contributed by atoms with Gasteiger partial charge in [-0.2, -0.15) is 10.2 Å². The third kappa shape index (κ3) is 1.32. The van der Waals surface area contributed by atoms with Crippen LogP contribution in [0.2, 0.25) is 0 Å². The summed E-state index contributed by atoms with van der Waals surface area (Å²) in [6.45, 7) is 0. The van der Waals surface area contributed by atoms with Crippen molar-refractivity contribution >= 4 is 5.78 Å². The Kier molecular flexibility index (Phi) is 2.02. The summed E-state index contributed by atoms with van der Waals surface area (Å²) in [5.74, 6) is 0.842. The highest BCUT2D eigenvalue weighted by atomic mass is 16.1. The molecule has 0 aliphatic heterocycles. The summed E-state index contributed by atoms with van der Waals surface area (Å²) in [5, 5.41) is 12.0. The fourth-order valence-corrected chi connectivity index (χ4v) is 2.00. The average molecular weight is 214 g/mol. The summed E-state index contributed by atoms with van der Waals surface area (Å²) < 4.78 is 1.71. The van der Waals surface area contributed by atoms with Gasteiger partial charge in [-0.05, 0) is 25.0 Å². The zero-order chi connectivity index (χ0) is 11.0.